The van der Waals surface area contributed by atoms with E-state index in [0.717, 1.165) is 13.8 Å². The molecule has 1 aliphatic heterocycles. The number of rotatable bonds is 7. The first-order valence-electron chi connectivity index (χ1n) is 8.47. The third-order valence-electron chi connectivity index (χ3n) is 3.35. The summed E-state index contributed by atoms with van der Waals surface area (Å²) in [6, 6.07) is 0. The molecule has 0 aromatic heterocycles. The Balaban J connectivity index is 3.27. The molecule has 0 N–H and O–H groups in total. The van der Waals surface area contributed by atoms with E-state index in [4.69, 9.17) is 28.4 Å². The fraction of sp³-hybridized carbons (Fsp3) is 0.765. The van der Waals surface area contributed by atoms with Crippen molar-refractivity contribution < 1.29 is 47.6 Å². The van der Waals surface area contributed by atoms with E-state index in [1.165, 1.54) is 13.8 Å². The van der Waals surface area contributed by atoms with Crippen molar-refractivity contribution in [3.8, 4) is 0 Å². The average molecular weight is 390 g/mol. The predicted octanol–water partition coefficient (Wildman–Crippen LogP) is 0.495. The van der Waals surface area contributed by atoms with Crippen molar-refractivity contribution in [1.82, 2.24) is 0 Å². The summed E-state index contributed by atoms with van der Waals surface area (Å²) in [6.07, 6.45) is -6.05. The van der Waals surface area contributed by atoms with E-state index in [1.807, 2.05) is 0 Å². The summed E-state index contributed by atoms with van der Waals surface area (Å²) in [6.45, 7) is 7.87. The molecule has 0 amide bonds. The molecule has 27 heavy (non-hydrogen) atoms. The largest absolute Gasteiger partial charge is 0.463 e. The zero-order valence-electron chi connectivity index (χ0n) is 16.3. The predicted molar refractivity (Wildman–Crippen MR) is 88.2 cm³/mol. The average Bonchev–Trinajstić information content (AvgIpc) is 2.49. The van der Waals surface area contributed by atoms with E-state index in [1.54, 1.807) is 13.8 Å². The minimum atomic E-state index is -1.21. The normalized spacial score (nSPS) is 27.6. The van der Waals surface area contributed by atoms with Gasteiger partial charge in [-0.2, -0.15) is 0 Å². The van der Waals surface area contributed by atoms with Gasteiger partial charge in [0.2, 0.25) is 0 Å². The van der Waals surface area contributed by atoms with Crippen molar-refractivity contribution in [2.24, 2.45) is 0 Å². The molecule has 0 unspecified atom stereocenters. The molecular weight excluding hydrogens is 364 g/mol. The van der Waals surface area contributed by atoms with Crippen LogP contribution in [0.3, 0.4) is 0 Å². The zero-order valence-corrected chi connectivity index (χ0v) is 16.3. The summed E-state index contributed by atoms with van der Waals surface area (Å²) in [4.78, 5) is 45.9. The number of carbonyl (C=O) groups is 4. The van der Waals surface area contributed by atoms with Gasteiger partial charge >= 0.3 is 23.9 Å². The van der Waals surface area contributed by atoms with Gasteiger partial charge in [-0.15, -0.1) is 0 Å². The number of carbonyl (C=O) groups excluding carboxylic acids is 4. The summed E-state index contributed by atoms with van der Waals surface area (Å²) >= 11 is 0. The van der Waals surface area contributed by atoms with Crippen LogP contribution in [0.4, 0.5) is 0 Å². The van der Waals surface area contributed by atoms with Crippen LogP contribution in [0.5, 0.6) is 0 Å². The van der Waals surface area contributed by atoms with Crippen LogP contribution >= 0.6 is 0 Å². The first-order chi connectivity index (χ1) is 12.5. The van der Waals surface area contributed by atoms with Crippen molar-refractivity contribution in [3.05, 3.63) is 0 Å². The van der Waals surface area contributed by atoms with E-state index in [9.17, 15) is 19.2 Å². The maximum absolute atomic E-state index is 11.6. The monoisotopic (exact) mass is 390 g/mol. The maximum Gasteiger partial charge on any atom is 0.303 e. The Morgan fingerprint density at radius 2 is 1.26 bits per heavy atom. The highest BCUT2D eigenvalue weighted by Crippen LogP contribution is 2.30. The van der Waals surface area contributed by atoms with Gasteiger partial charge < -0.3 is 28.4 Å². The molecule has 0 aromatic rings. The smallest absolute Gasteiger partial charge is 0.303 e. The summed E-state index contributed by atoms with van der Waals surface area (Å²) in [5.74, 6) is -2.62. The second-order valence-corrected chi connectivity index (χ2v) is 6.25. The molecule has 1 saturated heterocycles. The Bertz CT molecular complexity index is 558. The molecule has 0 aromatic carbocycles. The highest BCUT2D eigenvalue weighted by Gasteiger charge is 2.52. The Kier molecular flexibility index (Phi) is 8.64. The fourth-order valence-electron chi connectivity index (χ4n) is 2.57. The number of ether oxygens (including phenoxy) is 6. The molecule has 1 aliphatic rings. The first kappa shape index (κ1) is 22.8. The standard InChI is InChI=1S/C17H26O10/c1-8(2)23-17-16(26-12(6)21)15(25-11(5)20)14(24-10(4)19)13(27-17)7-22-9(3)18/h8,13-17H,7H2,1-6H3/t13-,14+,15+,16-,17-/m1/s1. The van der Waals surface area contributed by atoms with Gasteiger partial charge in [-0.05, 0) is 13.8 Å². The molecule has 0 aliphatic carbocycles. The van der Waals surface area contributed by atoms with E-state index in [-0.39, 0.29) is 12.7 Å². The minimum absolute atomic E-state index is 0.282. The Morgan fingerprint density at radius 1 is 0.778 bits per heavy atom. The minimum Gasteiger partial charge on any atom is -0.463 e. The third kappa shape index (κ3) is 7.51. The molecule has 10 nitrogen and oxygen atoms in total. The van der Waals surface area contributed by atoms with E-state index >= 15 is 0 Å². The molecule has 0 saturated carbocycles. The summed E-state index contributed by atoms with van der Waals surface area (Å²) in [5, 5.41) is 0. The molecule has 10 heteroatoms. The van der Waals surface area contributed by atoms with E-state index < -0.39 is 54.6 Å². The van der Waals surface area contributed by atoms with Gasteiger partial charge in [0.15, 0.2) is 24.6 Å². The van der Waals surface area contributed by atoms with Crippen LogP contribution in [0.1, 0.15) is 41.5 Å². The van der Waals surface area contributed by atoms with E-state index in [0.29, 0.717) is 0 Å². The quantitative estimate of drug-likeness (QED) is 0.448. The van der Waals surface area contributed by atoms with Crippen LogP contribution in [0.25, 0.3) is 0 Å². The highest BCUT2D eigenvalue weighted by molar-refractivity contribution is 5.68. The SMILES string of the molecule is CC(=O)OC[C@H]1O[C@@H](OC(C)C)[C@H](OC(C)=O)[C@@H](OC(C)=O)[C@H]1OC(C)=O. The highest BCUT2D eigenvalue weighted by atomic mass is 16.7. The molecule has 154 valence electrons. The van der Waals surface area contributed by atoms with Crippen molar-refractivity contribution in [1.29, 1.82) is 0 Å². The van der Waals surface area contributed by atoms with Crippen LogP contribution in [-0.4, -0.2) is 67.3 Å². The molecule has 0 radical (unpaired) electrons. The van der Waals surface area contributed by atoms with E-state index in [2.05, 4.69) is 0 Å². The van der Waals surface area contributed by atoms with Gasteiger partial charge in [0.1, 0.15) is 12.7 Å². The van der Waals surface area contributed by atoms with Crippen LogP contribution in [0, 0.1) is 0 Å². The number of hydrogen-bond donors (Lipinski definition) is 0. The topological polar surface area (TPSA) is 124 Å². The lowest BCUT2D eigenvalue weighted by Crippen LogP contribution is -2.63. The van der Waals surface area contributed by atoms with Gasteiger partial charge in [0.25, 0.3) is 0 Å². The molecule has 1 rings (SSSR count). The number of hydrogen-bond acceptors (Lipinski definition) is 10. The van der Waals surface area contributed by atoms with Gasteiger partial charge in [0, 0.05) is 27.7 Å². The summed E-state index contributed by atoms with van der Waals surface area (Å²) < 4.78 is 32.1. The Morgan fingerprint density at radius 3 is 1.70 bits per heavy atom. The molecule has 0 bridgehead atoms. The van der Waals surface area contributed by atoms with Crippen molar-refractivity contribution in [2.75, 3.05) is 6.61 Å². The maximum atomic E-state index is 11.6. The number of esters is 4. The lowest BCUT2D eigenvalue weighted by molar-refractivity contribution is -0.314. The van der Waals surface area contributed by atoms with Gasteiger partial charge in [0.05, 0.1) is 6.10 Å². The van der Waals surface area contributed by atoms with Gasteiger partial charge in [-0.25, -0.2) is 0 Å². The fourth-order valence-corrected chi connectivity index (χ4v) is 2.57. The Labute approximate surface area is 157 Å². The summed E-state index contributed by atoms with van der Waals surface area (Å²) in [7, 11) is 0. The lowest BCUT2D eigenvalue weighted by Gasteiger charge is -2.44. The van der Waals surface area contributed by atoms with Crippen LogP contribution in [-0.2, 0) is 47.6 Å². The van der Waals surface area contributed by atoms with Crippen molar-refractivity contribution >= 4 is 23.9 Å². The van der Waals surface area contributed by atoms with Crippen LogP contribution in [0.15, 0.2) is 0 Å². The van der Waals surface area contributed by atoms with Crippen molar-refractivity contribution in [3.63, 3.8) is 0 Å². The lowest BCUT2D eigenvalue weighted by atomic mass is 9.98. The molecule has 1 fully saturated rings. The van der Waals surface area contributed by atoms with Gasteiger partial charge in [-0.3, -0.25) is 19.2 Å². The second-order valence-electron chi connectivity index (χ2n) is 6.25. The third-order valence-corrected chi connectivity index (χ3v) is 3.35. The molecule has 0 spiro atoms. The van der Waals surface area contributed by atoms with Gasteiger partial charge in [-0.1, -0.05) is 0 Å². The van der Waals surface area contributed by atoms with Crippen molar-refractivity contribution in [2.45, 2.75) is 78.4 Å². The Hall–Kier alpha value is -2.20. The second kappa shape index (κ2) is 10.2. The molecule has 1 heterocycles. The zero-order chi connectivity index (χ0) is 20.7. The molecular formula is C17H26O10. The summed E-state index contributed by atoms with van der Waals surface area (Å²) in [5.41, 5.74) is 0. The van der Waals surface area contributed by atoms with Crippen LogP contribution < -0.4 is 0 Å². The first-order valence-corrected chi connectivity index (χ1v) is 8.47. The van der Waals surface area contributed by atoms with Crippen LogP contribution in [0.2, 0.25) is 0 Å². The molecule has 5 atom stereocenters.